The van der Waals surface area contributed by atoms with Gasteiger partial charge in [-0.25, -0.2) is 0 Å². The zero-order valence-electron chi connectivity index (χ0n) is 27.6. The van der Waals surface area contributed by atoms with E-state index in [-0.39, 0.29) is 0 Å². The number of hydrogen-bond acceptors (Lipinski definition) is 1. The summed E-state index contributed by atoms with van der Waals surface area (Å²) in [6.45, 7) is 0. The van der Waals surface area contributed by atoms with Crippen LogP contribution in [0.3, 0.4) is 0 Å². The maximum Gasteiger partial charge on any atom is 0.0963 e. The topological polar surface area (TPSA) is 27.7 Å². The quantitative estimate of drug-likeness (QED) is 0.186. The predicted molar refractivity (Wildman–Crippen MR) is 213 cm³/mol. The molecule has 4 heteroatoms. The maximum absolute atomic E-state index is 4.86. The number of benzene rings is 7. The standard InChI is InChI=1S/C47H30N4/c1-3-14-33(15-4-1)49-43-25-24-32(28-40(43)47-44(49)23-12-26-48-47)31-13-11-18-35(27-31)51-42-22-10-8-20-37(42)39-29-45-38(30-46(39)51)36-19-7-9-21-41(36)50(45)34-16-5-2-6-17-34/h1-30H. The Kier molecular flexibility index (Phi) is 5.92. The highest BCUT2D eigenvalue weighted by Crippen LogP contribution is 2.40. The molecule has 4 aromatic heterocycles. The molecular weight excluding hydrogens is 621 g/mol. The van der Waals surface area contributed by atoms with Gasteiger partial charge >= 0.3 is 0 Å². The molecule has 7 aromatic carbocycles. The van der Waals surface area contributed by atoms with E-state index in [1.54, 1.807) is 0 Å². The first-order valence-electron chi connectivity index (χ1n) is 17.4. The van der Waals surface area contributed by atoms with Crippen LogP contribution in [0.5, 0.6) is 0 Å². The number of rotatable bonds is 4. The van der Waals surface area contributed by atoms with Crippen molar-refractivity contribution in [2.45, 2.75) is 0 Å². The normalized spacial score (nSPS) is 11.9. The first-order valence-corrected chi connectivity index (χ1v) is 17.4. The Morgan fingerprint density at radius 1 is 0.294 bits per heavy atom. The van der Waals surface area contributed by atoms with Crippen molar-refractivity contribution in [1.82, 2.24) is 18.7 Å². The fraction of sp³-hybridized carbons (Fsp3) is 0. The average Bonchev–Trinajstić information content (AvgIpc) is 3.83. The SMILES string of the molecule is c1ccc(-n2c3ccccc3c3cc4c(cc32)c2ccccc2n4-c2cccc(-c3ccc4c(c3)c3ncccc3n4-c3ccccc3)c2)cc1. The molecule has 0 radical (unpaired) electrons. The van der Waals surface area contributed by atoms with Gasteiger partial charge in [-0.1, -0.05) is 91.0 Å². The Bertz CT molecular complexity index is 3130. The summed E-state index contributed by atoms with van der Waals surface area (Å²) in [5.74, 6) is 0. The lowest BCUT2D eigenvalue weighted by molar-refractivity contribution is 1.17. The first-order chi connectivity index (χ1) is 25.3. The molecule has 11 aromatic rings. The van der Waals surface area contributed by atoms with E-state index < -0.39 is 0 Å². The second-order valence-electron chi connectivity index (χ2n) is 13.3. The van der Waals surface area contributed by atoms with Gasteiger partial charge in [-0.2, -0.15) is 0 Å². The van der Waals surface area contributed by atoms with Gasteiger partial charge in [-0.15, -0.1) is 0 Å². The van der Waals surface area contributed by atoms with Crippen LogP contribution in [0.4, 0.5) is 0 Å². The van der Waals surface area contributed by atoms with Gasteiger partial charge in [-0.3, -0.25) is 4.98 Å². The summed E-state index contributed by atoms with van der Waals surface area (Å²) < 4.78 is 7.14. The van der Waals surface area contributed by atoms with Gasteiger partial charge in [0, 0.05) is 50.2 Å². The zero-order valence-corrected chi connectivity index (χ0v) is 27.6. The maximum atomic E-state index is 4.86. The fourth-order valence-electron chi connectivity index (χ4n) is 8.26. The number of nitrogens with zero attached hydrogens (tertiary/aromatic N) is 4. The molecule has 0 N–H and O–H groups in total. The van der Waals surface area contributed by atoms with Gasteiger partial charge in [0.05, 0.1) is 38.6 Å². The molecule has 11 rings (SSSR count). The monoisotopic (exact) mass is 650 g/mol. The van der Waals surface area contributed by atoms with Gasteiger partial charge in [0.25, 0.3) is 0 Å². The number of para-hydroxylation sites is 4. The summed E-state index contributed by atoms with van der Waals surface area (Å²) in [6, 6.07) is 63.5. The molecule has 0 fully saturated rings. The highest BCUT2D eigenvalue weighted by atomic mass is 15.0. The third-order valence-electron chi connectivity index (χ3n) is 10.5. The number of pyridine rings is 1. The minimum absolute atomic E-state index is 1.01. The number of hydrogen-bond donors (Lipinski definition) is 0. The van der Waals surface area contributed by atoms with E-state index in [1.165, 1.54) is 54.9 Å². The largest absolute Gasteiger partial charge is 0.309 e. The summed E-state index contributed by atoms with van der Waals surface area (Å²) in [6.07, 6.45) is 1.89. The molecule has 0 amide bonds. The molecule has 0 saturated heterocycles. The van der Waals surface area contributed by atoms with Crippen LogP contribution in [-0.2, 0) is 0 Å². The lowest BCUT2D eigenvalue weighted by Crippen LogP contribution is -1.95. The molecule has 0 saturated carbocycles. The minimum Gasteiger partial charge on any atom is -0.309 e. The molecule has 51 heavy (non-hydrogen) atoms. The summed E-state index contributed by atoms with van der Waals surface area (Å²) in [5, 5.41) is 6.12. The summed E-state index contributed by atoms with van der Waals surface area (Å²) >= 11 is 0. The molecular formula is C47H30N4. The Hall–Kier alpha value is -6.91. The second kappa shape index (κ2) is 10.8. The van der Waals surface area contributed by atoms with Crippen molar-refractivity contribution in [3.8, 4) is 28.2 Å². The third kappa shape index (κ3) is 4.11. The predicted octanol–water partition coefficient (Wildman–Crippen LogP) is 12.0. The second-order valence-corrected chi connectivity index (χ2v) is 13.3. The van der Waals surface area contributed by atoms with E-state index in [9.17, 15) is 0 Å². The molecule has 0 aliphatic rings. The molecule has 0 unspecified atom stereocenters. The third-order valence-corrected chi connectivity index (χ3v) is 10.5. The van der Waals surface area contributed by atoms with Crippen LogP contribution in [-0.4, -0.2) is 18.7 Å². The Labute approximate surface area is 293 Å². The van der Waals surface area contributed by atoms with E-state index in [2.05, 4.69) is 184 Å². The molecule has 0 aliphatic heterocycles. The Morgan fingerprint density at radius 3 is 1.47 bits per heavy atom. The molecule has 0 bridgehead atoms. The van der Waals surface area contributed by atoms with Gasteiger partial charge in [0.1, 0.15) is 0 Å². The summed E-state index contributed by atoms with van der Waals surface area (Å²) in [7, 11) is 0. The lowest BCUT2D eigenvalue weighted by atomic mass is 10.0. The van der Waals surface area contributed by atoms with Crippen molar-refractivity contribution in [3.05, 3.63) is 182 Å². The zero-order chi connectivity index (χ0) is 33.5. The average molecular weight is 651 g/mol. The van der Waals surface area contributed by atoms with Crippen molar-refractivity contribution < 1.29 is 0 Å². The minimum atomic E-state index is 1.01. The van der Waals surface area contributed by atoms with E-state index in [0.29, 0.717) is 0 Å². The smallest absolute Gasteiger partial charge is 0.0963 e. The van der Waals surface area contributed by atoms with Crippen molar-refractivity contribution in [3.63, 3.8) is 0 Å². The van der Waals surface area contributed by atoms with E-state index in [4.69, 9.17) is 4.98 Å². The first kappa shape index (κ1) is 28.0. The van der Waals surface area contributed by atoms with Crippen LogP contribution < -0.4 is 0 Å². The van der Waals surface area contributed by atoms with Gasteiger partial charge < -0.3 is 13.7 Å². The van der Waals surface area contributed by atoms with Crippen molar-refractivity contribution >= 4 is 65.5 Å². The number of aromatic nitrogens is 4. The van der Waals surface area contributed by atoms with Crippen LogP contribution in [0.25, 0.3) is 93.7 Å². The molecule has 4 heterocycles. The molecule has 0 atom stereocenters. The summed E-state index contributed by atoms with van der Waals surface area (Å²) in [5.41, 5.74) is 13.8. The van der Waals surface area contributed by atoms with Gasteiger partial charge in [0.15, 0.2) is 0 Å². The van der Waals surface area contributed by atoms with E-state index in [1.807, 2.05) is 12.3 Å². The van der Waals surface area contributed by atoms with Gasteiger partial charge in [-0.05, 0) is 96.1 Å². The van der Waals surface area contributed by atoms with Gasteiger partial charge in [0.2, 0.25) is 0 Å². The van der Waals surface area contributed by atoms with Crippen LogP contribution in [0.1, 0.15) is 0 Å². The van der Waals surface area contributed by atoms with Crippen molar-refractivity contribution in [2.24, 2.45) is 0 Å². The summed E-state index contributed by atoms with van der Waals surface area (Å²) in [4.78, 5) is 4.86. The highest BCUT2D eigenvalue weighted by molar-refractivity contribution is 6.19. The molecule has 0 aliphatic carbocycles. The Morgan fingerprint density at radius 2 is 0.804 bits per heavy atom. The van der Waals surface area contributed by atoms with E-state index >= 15 is 0 Å². The molecule has 0 spiro atoms. The lowest BCUT2D eigenvalue weighted by Gasteiger charge is -2.11. The van der Waals surface area contributed by atoms with Crippen LogP contribution in [0.2, 0.25) is 0 Å². The molecule has 4 nitrogen and oxygen atoms in total. The Balaban J connectivity index is 1.13. The van der Waals surface area contributed by atoms with Crippen LogP contribution in [0, 0.1) is 0 Å². The highest BCUT2D eigenvalue weighted by Gasteiger charge is 2.19. The fourth-order valence-corrected chi connectivity index (χ4v) is 8.26. The van der Waals surface area contributed by atoms with Crippen LogP contribution >= 0.6 is 0 Å². The van der Waals surface area contributed by atoms with Crippen LogP contribution in [0.15, 0.2) is 182 Å². The van der Waals surface area contributed by atoms with Crippen molar-refractivity contribution in [2.75, 3.05) is 0 Å². The van der Waals surface area contributed by atoms with E-state index in [0.717, 1.165) is 38.9 Å². The molecule has 238 valence electrons. The van der Waals surface area contributed by atoms with Crippen molar-refractivity contribution in [1.29, 1.82) is 0 Å². The number of fused-ring (bicyclic) bond motifs is 9.